The van der Waals surface area contributed by atoms with Gasteiger partial charge in [-0.25, -0.2) is 4.39 Å². The lowest BCUT2D eigenvalue weighted by Gasteiger charge is -2.19. The summed E-state index contributed by atoms with van der Waals surface area (Å²) in [6.45, 7) is 3.06. The Morgan fingerprint density at radius 2 is 2.14 bits per heavy atom. The molecule has 0 saturated carbocycles. The molecule has 3 nitrogen and oxygen atoms in total. The third-order valence-electron chi connectivity index (χ3n) is 3.46. The van der Waals surface area contributed by atoms with Gasteiger partial charge in [-0.05, 0) is 55.1 Å². The van der Waals surface area contributed by atoms with E-state index in [1.54, 1.807) is 18.3 Å². The molecule has 1 aromatic carbocycles. The molecule has 0 amide bonds. The summed E-state index contributed by atoms with van der Waals surface area (Å²) < 4.78 is 13.3. The molecule has 0 radical (unpaired) electrons. The number of hydrogen-bond acceptors (Lipinski definition) is 3. The first-order chi connectivity index (χ1) is 10.2. The van der Waals surface area contributed by atoms with Crippen molar-refractivity contribution >= 4 is 5.69 Å². The number of halogens is 1. The molecule has 0 saturated heterocycles. The topological polar surface area (TPSA) is 50.9 Å². The standard InChI is InChI=1S/C17H22FN3/c1-2-7-21-16(10-13-4-3-5-15(18)9-13)11-14-12-20-8-6-17(14)19/h3-6,8-9,12,16,21H,2,7,10-11H2,1H3,(H2,19,20). The Labute approximate surface area is 125 Å². The van der Waals surface area contributed by atoms with Crippen molar-refractivity contribution < 1.29 is 4.39 Å². The van der Waals surface area contributed by atoms with E-state index in [2.05, 4.69) is 17.2 Å². The van der Waals surface area contributed by atoms with Gasteiger partial charge in [0, 0.05) is 24.1 Å². The predicted molar refractivity (Wildman–Crippen MR) is 84.5 cm³/mol. The van der Waals surface area contributed by atoms with Gasteiger partial charge in [0.2, 0.25) is 0 Å². The quantitative estimate of drug-likeness (QED) is 0.823. The highest BCUT2D eigenvalue weighted by atomic mass is 19.1. The molecule has 1 atom stereocenters. The van der Waals surface area contributed by atoms with E-state index in [1.165, 1.54) is 6.07 Å². The van der Waals surface area contributed by atoms with Gasteiger partial charge in [0.25, 0.3) is 0 Å². The van der Waals surface area contributed by atoms with E-state index >= 15 is 0 Å². The van der Waals surface area contributed by atoms with Gasteiger partial charge >= 0.3 is 0 Å². The summed E-state index contributed by atoms with van der Waals surface area (Å²) in [5, 5.41) is 3.51. The molecule has 0 fully saturated rings. The molecule has 112 valence electrons. The van der Waals surface area contributed by atoms with E-state index < -0.39 is 0 Å². The average Bonchev–Trinajstić information content (AvgIpc) is 2.47. The van der Waals surface area contributed by atoms with Crippen LogP contribution in [0.15, 0.2) is 42.7 Å². The number of nitrogens with one attached hydrogen (secondary N) is 1. The van der Waals surface area contributed by atoms with Crippen LogP contribution in [0.4, 0.5) is 10.1 Å². The highest BCUT2D eigenvalue weighted by molar-refractivity contribution is 5.44. The van der Waals surface area contributed by atoms with E-state index in [0.29, 0.717) is 0 Å². The summed E-state index contributed by atoms with van der Waals surface area (Å²) in [5.41, 5.74) is 8.77. The van der Waals surface area contributed by atoms with Gasteiger partial charge < -0.3 is 11.1 Å². The van der Waals surface area contributed by atoms with Crippen LogP contribution in [0.3, 0.4) is 0 Å². The number of nitrogens with two attached hydrogens (primary N) is 1. The number of pyridine rings is 1. The van der Waals surface area contributed by atoms with Crippen LogP contribution in [-0.4, -0.2) is 17.6 Å². The molecule has 4 heteroatoms. The van der Waals surface area contributed by atoms with Gasteiger partial charge in [-0.2, -0.15) is 0 Å². The second-order valence-corrected chi connectivity index (χ2v) is 5.26. The normalized spacial score (nSPS) is 12.3. The van der Waals surface area contributed by atoms with E-state index in [-0.39, 0.29) is 11.9 Å². The number of hydrogen-bond donors (Lipinski definition) is 2. The summed E-state index contributed by atoms with van der Waals surface area (Å²) >= 11 is 0. The molecule has 0 spiro atoms. The van der Waals surface area contributed by atoms with E-state index in [4.69, 9.17) is 5.73 Å². The molecule has 2 aromatic rings. The van der Waals surface area contributed by atoms with Gasteiger partial charge in [-0.1, -0.05) is 19.1 Å². The zero-order valence-electron chi connectivity index (χ0n) is 12.3. The number of rotatable bonds is 7. The lowest BCUT2D eigenvalue weighted by atomic mass is 9.99. The van der Waals surface area contributed by atoms with Crippen LogP contribution in [0.5, 0.6) is 0 Å². The zero-order chi connectivity index (χ0) is 15.1. The largest absolute Gasteiger partial charge is 0.398 e. The minimum Gasteiger partial charge on any atom is -0.398 e. The lowest BCUT2D eigenvalue weighted by molar-refractivity contribution is 0.503. The highest BCUT2D eigenvalue weighted by Gasteiger charge is 2.12. The number of anilines is 1. The fourth-order valence-electron chi connectivity index (χ4n) is 2.39. The predicted octanol–water partition coefficient (Wildman–Crippen LogP) is 2.96. The Morgan fingerprint density at radius 1 is 1.29 bits per heavy atom. The summed E-state index contributed by atoms with van der Waals surface area (Å²) in [5.74, 6) is -0.192. The Kier molecular flexibility index (Phi) is 5.69. The fourth-order valence-corrected chi connectivity index (χ4v) is 2.39. The Bertz CT molecular complexity index is 571. The van der Waals surface area contributed by atoms with Gasteiger partial charge in [-0.15, -0.1) is 0 Å². The summed E-state index contributed by atoms with van der Waals surface area (Å²) in [7, 11) is 0. The Morgan fingerprint density at radius 3 is 2.86 bits per heavy atom. The van der Waals surface area contributed by atoms with Crippen LogP contribution < -0.4 is 11.1 Å². The second kappa shape index (κ2) is 7.74. The fraction of sp³-hybridized carbons (Fsp3) is 0.353. The Hall–Kier alpha value is -1.94. The van der Waals surface area contributed by atoms with Crippen LogP contribution in [0.1, 0.15) is 24.5 Å². The minimum absolute atomic E-state index is 0.192. The molecule has 0 aliphatic heterocycles. The van der Waals surface area contributed by atoms with Crippen molar-refractivity contribution in [3.05, 3.63) is 59.7 Å². The monoisotopic (exact) mass is 287 g/mol. The maximum Gasteiger partial charge on any atom is 0.123 e. The molecule has 0 aliphatic rings. The molecule has 3 N–H and O–H groups in total. The van der Waals surface area contributed by atoms with Gasteiger partial charge in [0.15, 0.2) is 0 Å². The van der Waals surface area contributed by atoms with Crippen LogP contribution in [0.25, 0.3) is 0 Å². The number of nitrogens with zero attached hydrogens (tertiary/aromatic N) is 1. The Balaban J connectivity index is 2.09. The van der Waals surface area contributed by atoms with E-state index in [0.717, 1.165) is 42.6 Å². The molecule has 1 aromatic heterocycles. The van der Waals surface area contributed by atoms with Crippen molar-refractivity contribution in [3.63, 3.8) is 0 Å². The second-order valence-electron chi connectivity index (χ2n) is 5.26. The number of benzene rings is 1. The SMILES string of the molecule is CCCNC(Cc1cccc(F)c1)Cc1cnccc1N. The first kappa shape index (κ1) is 15.4. The van der Waals surface area contributed by atoms with Crippen LogP contribution in [0.2, 0.25) is 0 Å². The molecule has 2 rings (SSSR count). The summed E-state index contributed by atoms with van der Waals surface area (Å²) in [4.78, 5) is 4.13. The molecular weight excluding hydrogens is 265 g/mol. The van der Waals surface area contributed by atoms with E-state index in [9.17, 15) is 4.39 Å². The van der Waals surface area contributed by atoms with Gasteiger partial charge in [-0.3, -0.25) is 4.98 Å². The summed E-state index contributed by atoms with van der Waals surface area (Å²) in [6, 6.07) is 8.80. The number of nitrogen functional groups attached to an aromatic ring is 1. The molecule has 0 aliphatic carbocycles. The first-order valence-corrected chi connectivity index (χ1v) is 7.35. The van der Waals surface area contributed by atoms with Crippen molar-refractivity contribution in [3.8, 4) is 0 Å². The molecular formula is C17H22FN3. The van der Waals surface area contributed by atoms with Crippen LogP contribution >= 0.6 is 0 Å². The lowest BCUT2D eigenvalue weighted by Crippen LogP contribution is -2.34. The molecule has 0 bridgehead atoms. The van der Waals surface area contributed by atoms with Crippen molar-refractivity contribution in [2.24, 2.45) is 0 Å². The van der Waals surface area contributed by atoms with Crippen molar-refractivity contribution in [2.45, 2.75) is 32.2 Å². The van der Waals surface area contributed by atoms with Crippen LogP contribution in [-0.2, 0) is 12.8 Å². The van der Waals surface area contributed by atoms with E-state index in [1.807, 2.05) is 18.3 Å². The highest BCUT2D eigenvalue weighted by Crippen LogP contribution is 2.14. The summed E-state index contributed by atoms with van der Waals surface area (Å²) in [6.07, 6.45) is 6.12. The average molecular weight is 287 g/mol. The molecule has 1 unspecified atom stereocenters. The zero-order valence-corrected chi connectivity index (χ0v) is 12.3. The van der Waals surface area contributed by atoms with Crippen molar-refractivity contribution in [1.29, 1.82) is 0 Å². The first-order valence-electron chi connectivity index (χ1n) is 7.35. The van der Waals surface area contributed by atoms with Gasteiger partial charge in [0.1, 0.15) is 5.82 Å². The third-order valence-corrected chi connectivity index (χ3v) is 3.46. The van der Waals surface area contributed by atoms with Crippen molar-refractivity contribution in [1.82, 2.24) is 10.3 Å². The van der Waals surface area contributed by atoms with Crippen LogP contribution in [0, 0.1) is 5.82 Å². The van der Waals surface area contributed by atoms with Gasteiger partial charge in [0.05, 0.1) is 0 Å². The third kappa shape index (κ3) is 4.83. The van der Waals surface area contributed by atoms with Crippen molar-refractivity contribution in [2.75, 3.05) is 12.3 Å². The smallest absolute Gasteiger partial charge is 0.123 e. The maximum atomic E-state index is 13.3. The number of aromatic nitrogens is 1. The molecule has 21 heavy (non-hydrogen) atoms. The maximum absolute atomic E-state index is 13.3. The molecule has 1 heterocycles. The minimum atomic E-state index is -0.192.